The first kappa shape index (κ1) is 9.73. The Bertz CT molecular complexity index is 257. The molecule has 0 aliphatic heterocycles. The van der Waals surface area contributed by atoms with E-state index in [1.807, 2.05) is 0 Å². The smallest absolute Gasteiger partial charge is 0.310 e. The fourth-order valence-electron chi connectivity index (χ4n) is 1.44. The highest BCUT2D eigenvalue weighted by molar-refractivity contribution is 5.81. The molecule has 3 N–H and O–H groups in total. The molecule has 0 fully saturated rings. The minimum Gasteiger partial charge on any atom is -0.481 e. The number of allylic oxidation sites excluding steroid dienone is 1. The Morgan fingerprint density at radius 2 is 1.85 bits per heavy atom. The highest BCUT2D eigenvalue weighted by Gasteiger charge is 2.39. The average molecular weight is 186 g/mol. The number of rotatable bonds is 2. The standard InChI is InChI=1S/C8H10O5/c9-5-3-1-2-4(7(10)11)6(5)8(12)13/h1,3-6,9H,2H2,(H,10,11)(H,12,13)/t4-,5-,6+/m1/s1. The molecule has 0 unspecified atom stereocenters. The van der Waals surface area contributed by atoms with Crippen molar-refractivity contribution in [1.82, 2.24) is 0 Å². The lowest BCUT2D eigenvalue weighted by atomic mass is 9.81. The largest absolute Gasteiger partial charge is 0.481 e. The summed E-state index contributed by atoms with van der Waals surface area (Å²) in [5, 5.41) is 26.6. The third-order valence-corrected chi connectivity index (χ3v) is 2.13. The number of aliphatic hydroxyl groups is 1. The number of aliphatic hydroxyl groups excluding tert-OH is 1. The van der Waals surface area contributed by atoms with Crippen LogP contribution in [0, 0.1) is 11.8 Å². The minimum absolute atomic E-state index is 0.156. The molecule has 72 valence electrons. The van der Waals surface area contributed by atoms with Gasteiger partial charge >= 0.3 is 11.9 Å². The molecule has 1 rings (SSSR count). The van der Waals surface area contributed by atoms with E-state index in [1.54, 1.807) is 0 Å². The van der Waals surface area contributed by atoms with E-state index in [-0.39, 0.29) is 6.42 Å². The van der Waals surface area contributed by atoms with Gasteiger partial charge in [0.1, 0.15) is 0 Å². The summed E-state index contributed by atoms with van der Waals surface area (Å²) < 4.78 is 0. The Morgan fingerprint density at radius 1 is 1.23 bits per heavy atom. The van der Waals surface area contributed by atoms with Crippen molar-refractivity contribution in [2.45, 2.75) is 12.5 Å². The molecule has 0 saturated carbocycles. The first-order valence-electron chi connectivity index (χ1n) is 3.84. The monoisotopic (exact) mass is 186 g/mol. The molecule has 0 radical (unpaired) electrons. The van der Waals surface area contributed by atoms with Gasteiger partial charge in [0.25, 0.3) is 0 Å². The van der Waals surface area contributed by atoms with Crippen LogP contribution < -0.4 is 0 Å². The number of hydrogen-bond acceptors (Lipinski definition) is 3. The van der Waals surface area contributed by atoms with Gasteiger partial charge in [0, 0.05) is 0 Å². The second-order valence-corrected chi connectivity index (χ2v) is 2.96. The summed E-state index contributed by atoms with van der Waals surface area (Å²) in [7, 11) is 0. The average Bonchev–Trinajstić information content (AvgIpc) is 2.02. The number of carboxylic acid groups (broad SMARTS) is 2. The van der Waals surface area contributed by atoms with Crippen LogP contribution in [0.1, 0.15) is 6.42 Å². The van der Waals surface area contributed by atoms with Crippen LogP contribution in [0.4, 0.5) is 0 Å². The second kappa shape index (κ2) is 3.57. The van der Waals surface area contributed by atoms with Gasteiger partial charge in [-0.25, -0.2) is 0 Å². The third kappa shape index (κ3) is 1.86. The maximum absolute atomic E-state index is 10.6. The summed E-state index contributed by atoms with van der Waals surface area (Å²) in [5.41, 5.74) is 0. The molecule has 0 aromatic rings. The predicted molar refractivity (Wildman–Crippen MR) is 42.0 cm³/mol. The van der Waals surface area contributed by atoms with Gasteiger partial charge in [0.15, 0.2) is 0 Å². The lowest BCUT2D eigenvalue weighted by Gasteiger charge is -2.25. The van der Waals surface area contributed by atoms with Crippen LogP contribution in [0.15, 0.2) is 12.2 Å². The Balaban J connectivity index is 2.89. The normalized spacial score (nSPS) is 32.8. The van der Waals surface area contributed by atoms with E-state index in [1.165, 1.54) is 12.2 Å². The third-order valence-electron chi connectivity index (χ3n) is 2.13. The maximum Gasteiger partial charge on any atom is 0.310 e. The van der Waals surface area contributed by atoms with Crippen molar-refractivity contribution in [3.05, 3.63) is 12.2 Å². The fraction of sp³-hybridized carbons (Fsp3) is 0.500. The zero-order chi connectivity index (χ0) is 10.0. The van der Waals surface area contributed by atoms with Crippen molar-refractivity contribution < 1.29 is 24.9 Å². The molecular weight excluding hydrogens is 176 g/mol. The molecule has 0 aromatic heterocycles. The molecule has 0 amide bonds. The molecule has 1 aliphatic carbocycles. The molecule has 5 heteroatoms. The molecule has 0 bridgehead atoms. The highest BCUT2D eigenvalue weighted by Crippen LogP contribution is 2.26. The Labute approximate surface area is 74.3 Å². The summed E-state index contributed by atoms with van der Waals surface area (Å²) in [4.78, 5) is 21.2. The van der Waals surface area contributed by atoms with Gasteiger partial charge in [-0.05, 0) is 6.42 Å². The van der Waals surface area contributed by atoms with Gasteiger partial charge in [-0.2, -0.15) is 0 Å². The number of hydrogen-bond donors (Lipinski definition) is 3. The van der Waals surface area contributed by atoms with Crippen LogP contribution in [-0.2, 0) is 9.59 Å². The lowest BCUT2D eigenvalue weighted by Crippen LogP contribution is -2.39. The van der Waals surface area contributed by atoms with Gasteiger partial charge in [-0.1, -0.05) is 12.2 Å². The van der Waals surface area contributed by atoms with Crippen LogP contribution in [0.3, 0.4) is 0 Å². The maximum atomic E-state index is 10.6. The Kier molecular flexibility index (Phi) is 2.67. The number of carboxylic acids is 2. The van der Waals surface area contributed by atoms with Crippen LogP contribution in [0.5, 0.6) is 0 Å². The van der Waals surface area contributed by atoms with E-state index in [0.717, 1.165) is 0 Å². The van der Waals surface area contributed by atoms with Gasteiger partial charge in [0.2, 0.25) is 0 Å². The molecule has 0 heterocycles. The van der Waals surface area contributed by atoms with Crippen molar-refractivity contribution in [1.29, 1.82) is 0 Å². The van der Waals surface area contributed by atoms with E-state index in [4.69, 9.17) is 10.2 Å². The SMILES string of the molecule is O=C(O)[C@@H]1[C@H](O)C=CC[C@H]1C(=O)O. The quantitative estimate of drug-likeness (QED) is 0.515. The molecule has 0 spiro atoms. The molecule has 3 atom stereocenters. The van der Waals surface area contributed by atoms with Gasteiger partial charge in [-0.15, -0.1) is 0 Å². The molecule has 1 aliphatic rings. The second-order valence-electron chi connectivity index (χ2n) is 2.96. The zero-order valence-corrected chi connectivity index (χ0v) is 6.75. The molecule has 13 heavy (non-hydrogen) atoms. The Morgan fingerprint density at radius 3 is 2.23 bits per heavy atom. The molecule has 5 nitrogen and oxygen atoms in total. The van der Waals surface area contributed by atoms with Gasteiger partial charge in [-0.3, -0.25) is 9.59 Å². The van der Waals surface area contributed by atoms with Crippen molar-refractivity contribution in [3.8, 4) is 0 Å². The summed E-state index contributed by atoms with van der Waals surface area (Å²) in [5.74, 6) is -4.72. The highest BCUT2D eigenvalue weighted by atomic mass is 16.4. The molecule has 0 saturated heterocycles. The summed E-state index contributed by atoms with van der Waals surface area (Å²) in [6, 6.07) is 0. The molecular formula is C8H10O5. The van der Waals surface area contributed by atoms with Crippen molar-refractivity contribution in [2.24, 2.45) is 11.8 Å². The zero-order valence-electron chi connectivity index (χ0n) is 6.75. The number of aliphatic carboxylic acids is 2. The summed E-state index contributed by atoms with van der Waals surface area (Å²) >= 11 is 0. The fourth-order valence-corrected chi connectivity index (χ4v) is 1.44. The van der Waals surface area contributed by atoms with Crippen molar-refractivity contribution in [3.63, 3.8) is 0 Å². The Hall–Kier alpha value is -1.36. The summed E-state index contributed by atoms with van der Waals surface area (Å²) in [6.45, 7) is 0. The molecule has 0 aromatic carbocycles. The van der Waals surface area contributed by atoms with E-state index < -0.39 is 29.9 Å². The van der Waals surface area contributed by atoms with Gasteiger partial charge in [0.05, 0.1) is 17.9 Å². The van der Waals surface area contributed by atoms with Crippen LogP contribution in [-0.4, -0.2) is 33.4 Å². The van der Waals surface area contributed by atoms with E-state index >= 15 is 0 Å². The van der Waals surface area contributed by atoms with Crippen LogP contribution in [0.2, 0.25) is 0 Å². The van der Waals surface area contributed by atoms with Crippen LogP contribution >= 0.6 is 0 Å². The minimum atomic E-state index is -1.27. The van der Waals surface area contributed by atoms with Crippen LogP contribution in [0.25, 0.3) is 0 Å². The van der Waals surface area contributed by atoms with E-state index in [0.29, 0.717) is 0 Å². The lowest BCUT2D eigenvalue weighted by molar-refractivity contribution is -0.157. The predicted octanol–water partition coefficient (Wildman–Crippen LogP) is -0.291. The van der Waals surface area contributed by atoms with Crippen molar-refractivity contribution >= 4 is 11.9 Å². The first-order valence-corrected chi connectivity index (χ1v) is 3.84. The number of carbonyl (C=O) groups is 2. The topological polar surface area (TPSA) is 94.8 Å². The van der Waals surface area contributed by atoms with Gasteiger partial charge < -0.3 is 15.3 Å². The first-order chi connectivity index (χ1) is 6.04. The van der Waals surface area contributed by atoms with E-state index in [2.05, 4.69) is 0 Å². The van der Waals surface area contributed by atoms with Crippen molar-refractivity contribution in [2.75, 3.05) is 0 Å². The van der Waals surface area contributed by atoms with E-state index in [9.17, 15) is 14.7 Å². The summed E-state index contributed by atoms with van der Waals surface area (Å²) in [6.07, 6.45) is 1.76.